The summed E-state index contributed by atoms with van der Waals surface area (Å²) in [6, 6.07) is 8.30. The summed E-state index contributed by atoms with van der Waals surface area (Å²) in [6.45, 7) is -1.28. The second-order valence-electron chi connectivity index (χ2n) is 3.66. The number of aromatic carboxylic acids is 1. The molecule has 108 valence electrons. The quantitative estimate of drug-likeness (QED) is 0.381. The van der Waals surface area contributed by atoms with Gasteiger partial charge in [0.05, 0.1) is 18.8 Å². The average Bonchev–Trinajstić information content (AvgIpc) is 2.46. The van der Waals surface area contributed by atoms with Crippen LogP contribution in [0.3, 0.4) is 0 Å². The number of benzene rings is 1. The zero-order valence-corrected chi connectivity index (χ0v) is 10.1. The Morgan fingerprint density at radius 3 is 1.63 bits per heavy atom. The van der Waals surface area contributed by atoms with E-state index in [9.17, 15) is 4.79 Å². The maximum atomic E-state index is 10.2. The van der Waals surface area contributed by atoms with Crippen LogP contribution >= 0.6 is 0 Å². The van der Waals surface area contributed by atoms with Gasteiger partial charge in [-0.15, -0.1) is 0 Å². The van der Waals surface area contributed by atoms with E-state index < -0.39 is 37.5 Å². The highest BCUT2D eigenvalue weighted by molar-refractivity contribution is 5.87. The zero-order chi connectivity index (χ0) is 14.8. The molecule has 1 rings (SSSR count). The number of rotatable bonds is 5. The van der Waals surface area contributed by atoms with Gasteiger partial charge in [-0.05, 0) is 12.1 Å². The lowest BCUT2D eigenvalue weighted by molar-refractivity contribution is -0.0900. The highest BCUT2D eigenvalue weighted by Gasteiger charge is 2.22. The van der Waals surface area contributed by atoms with Gasteiger partial charge in [0.1, 0.15) is 18.3 Å². The van der Waals surface area contributed by atoms with Crippen LogP contribution in [0.25, 0.3) is 0 Å². The molecule has 3 atom stereocenters. The van der Waals surface area contributed by atoms with E-state index in [-0.39, 0.29) is 0 Å². The summed E-state index contributed by atoms with van der Waals surface area (Å²) in [4.78, 5) is 10.2. The Labute approximate surface area is 110 Å². The van der Waals surface area contributed by atoms with Crippen LogP contribution in [0.5, 0.6) is 0 Å². The summed E-state index contributed by atoms with van der Waals surface area (Å²) in [5, 5.41) is 51.0. The van der Waals surface area contributed by atoms with Crippen molar-refractivity contribution in [2.75, 3.05) is 13.2 Å². The Morgan fingerprint density at radius 1 is 0.947 bits per heavy atom. The lowest BCUT2D eigenvalue weighted by atomic mass is 10.1. The Kier molecular flexibility index (Phi) is 8.68. The Morgan fingerprint density at radius 2 is 1.37 bits per heavy atom. The lowest BCUT2D eigenvalue weighted by Gasteiger charge is -2.19. The molecule has 0 saturated heterocycles. The van der Waals surface area contributed by atoms with E-state index in [0.717, 1.165) is 0 Å². The molecular weight excluding hydrogens is 256 g/mol. The minimum absolute atomic E-state index is 0.331. The SMILES string of the molecule is O=C(O)c1ccccc1.OC[C@@H](O)[C@H](O)[C@@H](O)CO. The third-order valence-electron chi connectivity index (χ3n) is 2.18. The molecule has 7 heteroatoms. The smallest absolute Gasteiger partial charge is 0.335 e. The largest absolute Gasteiger partial charge is 0.478 e. The minimum atomic E-state index is -1.49. The van der Waals surface area contributed by atoms with Crippen LogP contribution in [0.4, 0.5) is 0 Å². The van der Waals surface area contributed by atoms with Gasteiger partial charge in [-0.3, -0.25) is 0 Å². The first kappa shape index (κ1) is 17.5. The van der Waals surface area contributed by atoms with Crippen molar-refractivity contribution in [3.63, 3.8) is 0 Å². The summed E-state index contributed by atoms with van der Waals surface area (Å²) in [5.74, 6) is -0.879. The average molecular weight is 274 g/mol. The van der Waals surface area contributed by atoms with Gasteiger partial charge < -0.3 is 30.6 Å². The third-order valence-corrected chi connectivity index (χ3v) is 2.18. The summed E-state index contributed by atoms with van der Waals surface area (Å²) in [5.41, 5.74) is 0.331. The molecule has 0 fully saturated rings. The second-order valence-corrected chi connectivity index (χ2v) is 3.66. The highest BCUT2D eigenvalue weighted by atomic mass is 16.4. The van der Waals surface area contributed by atoms with E-state index >= 15 is 0 Å². The van der Waals surface area contributed by atoms with Crippen molar-refractivity contribution < 1.29 is 35.4 Å². The second kappa shape index (κ2) is 9.42. The molecule has 0 amide bonds. The fourth-order valence-electron chi connectivity index (χ4n) is 1.05. The van der Waals surface area contributed by atoms with Crippen LogP contribution < -0.4 is 0 Å². The maximum absolute atomic E-state index is 10.2. The third kappa shape index (κ3) is 6.85. The van der Waals surface area contributed by atoms with Gasteiger partial charge in [0.25, 0.3) is 0 Å². The predicted molar refractivity (Wildman–Crippen MR) is 65.6 cm³/mol. The van der Waals surface area contributed by atoms with E-state index in [1.165, 1.54) is 0 Å². The van der Waals surface area contributed by atoms with Gasteiger partial charge in [-0.1, -0.05) is 18.2 Å². The highest BCUT2D eigenvalue weighted by Crippen LogP contribution is 1.98. The molecule has 0 unspecified atom stereocenters. The molecule has 7 nitrogen and oxygen atoms in total. The van der Waals surface area contributed by atoms with E-state index in [4.69, 9.17) is 30.6 Å². The first-order valence-electron chi connectivity index (χ1n) is 5.48. The Balaban J connectivity index is 0.000000342. The van der Waals surface area contributed by atoms with Gasteiger partial charge in [0.2, 0.25) is 0 Å². The van der Waals surface area contributed by atoms with Crippen LogP contribution in [0.1, 0.15) is 10.4 Å². The summed E-state index contributed by atoms with van der Waals surface area (Å²) < 4.78 is 0. The van der Waals surface area contributed by atoms with Crippen LogP contribution in [-0.2, 0) is 0 Å². The fraction of sp³-hybridized carbons (Fsp3) is 0.417. The van der Waals surface area contributed by atoms with Crippen molar-refractivity contribution in [2.45, 2.75) is 18.3 Å². The van der Waals surface area contributed by atoms with Gasteiger partial charge in [0.15, 0.2) is 0 Å². The van der Waals surface area contributed by atoms with Gasteiger partial charge in [0, 0.05) is 0 Å². The van der Waals surface area contributed by atoms with Crippen LogP contribution in [-0.4, -0.2) is 68.1 Å². The number of hydrogen-bond donors (Lipinski definition) is 6. The van der Waals surface area contributed by atoms with Crippen molar-refractivity contribution in [2.24, 2.45) is 0 Å². The summed E-state index contributed by atoms with van der Waals surface area (Å²) in [6.07, 6.45) is -4.29. The van der Waals surface area contributed by atoms with Crippen molar-refractivity contribution in [3.8, 4) is 0 Å². The molecule has 0 aliphatic heterocycles. The fourth-order valence-corrected chi connectivity index (χ4v) is 1.05. The molecule has 6 N–H and O–H groups in total. The van der Waals surface area contributed by atoms with Gasteiger partial charge >= 0.3 is 5.97 Å². The standard InChI is InChI=1S/C7H6O2.C5H12O5/c8-7(9)6-4-2-1-3-5-6;6-1-3(8)5(10)4(9)2-7/h1-5H,(H,8,9);3-10H,1-2H2/t;3-,4+,5+. The molecule has 0 aromatic heterocycles. The molecule has 0 saturated carbocycles. The van der Waals surface area contributed by atoms with Gasteiger partial charge in [-0.2, -0.15) is 0 Å². The van der Waals surface area contributed by atoms with Crippen LogP contribution in [0, 0.1) is 0 Å². The zero-order valence-electron chi connectivity index (χ0n) is 10.1. The first-order chi connectivity index (χ1) is 8.93. The molecule has 19 heavy (non-hydrogen) atoms. The number of hydrogen-bond acceptors (Lipinski definition) is 6. The molecule has 0 aliphatic rings. The number of aliphatic hydroxyl groups is 5. The minimum Gasteiger partial charge on any atom is -0.478 e. The van der Waals surface area contributed by atoms with Crippen molar-refractivity contribution in [1.29, 1.82) is 0 Å². The van der Waals surface area contributed by atoms with Crippen molar-refractivity contribution in [1.82, 2.24) is 0 Å². The summed E-state index contributed by atoms with van der Waals surface area (Å²) in [7, 11) is 0. The molecule has 0 spiro atoms. The normalized spacial score (nSPS) is 14.8. The molecule has 0 bridgehead atoms. The topological polar surface area (TPSA) is 138 Å². The van der Waals surface area contributed by atoms with E-state index in [1.54, 1.807) is 30.3 Å². The molecule has 0 aliphatic carbocycles. The van der Waals surface area contributed by atoms with Crippen molar-refractivity contribution in [3.05, 3.63) is 35.9 Å². The number of carboxylic acids is 1. The molecule has 0 radical (unpaired) electrons. The molecule has 1 aromatic carbocycles. The maximum Gasteiger partial charge on any atom is 0.335 e. The molecule has 0 heterocycles. The van der Waals surface area contributed by atoms with Crippen molar-refractivity contribution >= 4 is 5.97 Å². The predicted octanol–water partition coefficient (Wildman–Crippen LogP) is -1.56. The molecular formula is C12H18O7. The lowest BCUT2D eigenvalue weighted by Crippen LogP contribution is -2.41. The number of carbonyl (C=O) groups is 1. The molecule has 1 aromatic rings. The number of aliphatic hydroxyl groups excluding tert-OH is 5. The van der Waals surface area contributed by atoms with E-state index in [1.807, 2.05) is 0 Å². The number of carboxylic acid groups (broad SMARTS) is 1. The van der Waals surface area contributed by atoms with Gasteiger partial charge in [-0.25, -0.2) is 4.79 Å². The monoisotopic (exact) mass is 274 g/mol. The van der Waals surface area contributed by atoms with E-state index in [2.05, 4.69) is 0 Å². The first-order valence-corrected chi connectivity index (χ1v) is 5.48. The Hall–Kier alpha value is -1.51. The Bertz CT molecular complexity index is 344. The van der Waals surface area contributed by atoms with Crippen LogP contribution in [0.15, 0.2) is 30.3 Å². The van der Waals surface area contributed by atoms with Crippen LogP contribution in [0.2, 0.25) is 0 Å². The van der Waals surface area contributed by atoms with E-state index in [0.29, 0.717) is 5.56 Å². The summed E-state index contributed by atoms with van der Waals surface area (Å²) >= 11 is 0.